The number of fused-ring (bicyclic) bond motifs is 2. The van der Waals surface area contributed by atoms with Gasteiger partial charge in [-0.05, 0) is 87.1 Å². The van der Waals surface area contributed by atoms with Gasteiger partial charge in [-0.15, -0.1) is 0 Å². The van der Waals surface area contributed by atoms with E-state index < -0.39 is 0 Å². The zero-order chi connectivity index (χ0) is 14.9. The maximum Gasteiger partial charge on any atom is 0.0408 e. The Hall–Kier alpha value is -0.530. The molecule has 3 atom stereocenters. The Bertz CT molecular complexity index is 506. The second-order valence-corrected chi connectivity index (χ2v) is 8.31. The fourth-order valence-electron chi connectivity index (χ4n) is 5.28. The number of piperidine rings is 1. The lowest BCUT2D eigenvalue weighted by Gasteiger charge is -2.38. The zero-order valence-corrected chi connectivity index (χ0v) is 14.3. The number of benzene rings is 1. The van der Waals surface area contributed by atoms with E-state index in [2.05, 4.69) is 23.1 Å². The Labute approximate surface area is 140 Å². The Morgan fingerprint density at radius 2 is 1.64 bits per heavy atom. The summed E-state index contributed by atoms with van der Waals surface area (Å²) in [5.74, 6) is 2.83. The highest BCUT2D eigenvalue weighted by Gasteiger charge is 2.34. The Morgan fingerprint density at radius 3 is 2.45 bits per heavy atom. The minimum atomic E-state index is 0.720. The fourth-order valence-corrected chi connectivity index (χ4v) is 5.47. The summed E-state index contributed by atoms with van der Waals surface area (Å²) in [4.78, 5) is 2.82. The first-order valence-electron chi connectivity index (χ1n) is 9.27. The molecule has 22 heavy (non-hydrogen) atoms. The van der Waals surface area contributed by atoms with Gasteiger partial charge < -0.3 is 4.90 Å². The van der Waals surface area contributed by atoms with Crippen LogP contribution in [0.2, 0.25) is 5.02 Å². The number of halogens is 1. The zero-order valence-electron chi connectivity index (χ0n) is 13.5. The van der Waals surface area contributed by atoms with E-state index in [1.165, 1.54) is 70.0 Å². The van der Waals surface area contributed by atoms with Crippen LogP contribution in [-0.4, -0.2) is 24.0 Å². The molecular formula is C20H28ClN. The van der Waals surface area contributed by atoms with Crippen molar-refractivity contribution < 1.29 is 0 Å². The summed E-state index contributed by atoms with van der Waals surface area (Å²) in [6.45, 7) is 2.58. The molecule has 120 valence electrons. The Kier molecular flexibility index (Phi) is 4.46. The Balaban J connectivity index is 1.35. The lowest BCUT2D eigenvalue weighted by atomic mass is 9.87. The second-order valence-electron chi connectivity index (χ2n) is 7.88. The minimum Gasteiger partial charge on any atom is -0.300 e. The van der Waals surface area contributed by atoms with Crippen LogP contribution in [-0.2, 0) is 0 Å². The number of likely N-dealkylation sites (tertiary alicyclic amines) is 1. The molecule has 1 heterocycles. The predicted molar refractivity (Wildman–Crippen MR) is 93.5 cm³/mol. The van der Waals surface area contributed by atoms with E-state index in [0.29, 0.717) is 0 Å². The lowest BCUT2D eigenvalue weighted by Crippen LogP contribution is -2.41. The van der Waals surface area contributed by atoms with Crippen LogP contribution >= 0.6 is 11.6 Å². The van der Waals surface area contributed by atoms with Crippen molar-refractivity contribution in [3.8, 4) is 0 Å². The highest BCUT2D eigenvalue weighted by Crippen LogP contribution is 2.42. The largest absolute Gasteiger partial charge is 0.300 e. The standard InChI is InChI=1S/C20H28ClN/c21-19-3-1-2-18(14-19)17-8-10-22(11-9-17)20-7-6-15-4-5-16(12-15)13-20/h1-3,14-17,20H,4-13H2. The molecule has 1 aromatic carbocycles. The van der Waals surface area contributed by atoms with Crippen LogP contribution < -0.4 is 0 Å². The topological polar surface area (TPSA) is 3.24 Å². The molecule has 3 unspecified atom stereocenters. The summed E-state index contributed by atoms with van der Waals surface area (Å²) in [7, 11) is 0. The van der Waals surface area contributed by atoms with E-state index in [4.69, 9.17) is 11.6 Å². The van der Waals surface area contributed by atoms with Crippen LogP contribution in [0.5, 0.6) is 0 Å². The van der Waals surface area contributed by atoms with Crippen LogP contribution in [0.3, 0.4) is 0 Å². The van der Waals surface area contributed by atoms with Gasteiger partial charge in [-0.25, -0.2) is 0 Å². The molecule has 2 bridgehead atoms. The average Bonchev–Trinajstić information content (AvgIpc) is 2.87. The van der Waals surface area contributed by atoms with Gasteiger partial charge in [0.15, 0.2) is 0 Å². The molecule has 2 saturated carbocycles. The van der Waals surface area contributed by atoms with E-state index >= 15 is 0 Å². The van der Waals surface area contributed by atoms with Gasteiger partial charge >= 0.3 is 0 Å². The summed E-state index contributed by atoms with van der Waals surface area (Å²) in [5, 5.41) is 0.889. The van der Waals surface area contributed by atoms with Crippen molar-refractivity contribution in [3.63, 3.8) is 0 Å². The maximum atomic E-state index is 6.16. The average molecular weight is 318 g/mol. The van der Waals surface area contributed by atoms with Gasteiger partial charge in [0.05, 0.1) is 0 Å². The van der Waals surface area contributed by atoms with Crippen LogP contribution in [0.4, 0.5) is 0 Å². The summed E-state index contributed by atoms with van der Waals surface area (Å²) >= 11 is 6.16. The van der Waals surface area contributed by atoms with Crippen LogP contribution in [0.25, 0.3) is 0 Å². The molecule has 2 aliphatic carbocycles. The van der Waals surface area contributed by atoms with Crippen molar-refractivity contribution in [2.45, 2.75) is 63.3 Å². The maximum absolute atomic E-state index is 6.16. The monoisotopic (exact) mass is 317 g/mol. The molecule has 1 aromatic rings. The molecular weight excluding hydrogens is 290 g/mol. The van der Waals surface area contributed by atoms with Crippen molar-refractivity contribution in [3.05, 3.63) is 34.9 Å². The van der Waals surface area contributed by atoms with Gasteiger partial charge in [0.25, 0.3) is 0 Å². The Morgan fingerprint density at radius 1 is 0.864 bits per heavy atom. The first-order valence-corrected chi connectivity index (χ1v) is 9.65. The first-order chi connectivity index (χ1) is 10.8. The summed E-state index contributed by atoms with van der Waals surface area (Å²) in [6, 6.07) is 9.41. The van der Waals surface area contributed by atoms with E-state index in [1.807, 2.05) is 6.07 Å². The highest BCUT2D eigenvalue weighted by molar-refractivity contribution is 6.30. The van der Waals surface area contributed by atoms with Crippen LogP contribution in [0.1, 0.15) is 62.8 Å². The quantitative estimate of drug-likeness (QED) is 0.697. The van der Waals surface area contributed by atoms with E-state index in [9.17, 15) is 0 Å². The van der Waals surface area contributed by atoms with Gasteiger partial charge in [-0.2, -0.15) is 0 Å². The lowest BCUT2D eigenvalue weighted by molar-refractivity contribution is 0.126. The number of nitrogens with zero attached hydrogens (tertiary/aromatic N) is 1. The predicted octanol–water partition coefficient (Wildman–Crippen LogP) is 5.49. The van der Waals surface area contributed by atoms with Crippen molar-refractivity contribution in [2.75, 3.05) is 13.1 Å². The molecule has 0 aromatic heterocycles. The number of hydrogen-bond donors (Lipinski definition) is 0. The van der Waals surface area contributed by atoms with Crippen molar-refractivity contribution in [1.29, 1.82) is 0 Å². The van der Waals surface area contributed by atoms with E-state index in [1.54, 1.807) is 0 Å². The summed E-state index contributed by atoms with van der Waals surface area (Å²) < 4.78 is 0. The molecule has 2 heteroatoms. The van der Waals surface area contributed by atoms with Crippen molar-refractivity contribution >= 4 is 11.6 Å². The summed E-state index contributed by atoms with van der Waals surface area (Å²) in [6.07, 6.45) is 11.6. The van der Waals surface area contributed by atoms with Gasteiger partial charge in [-0.1, -0.05) is 36.6 Å². The van der Waals surface area contributed by atoms with Crippen LogP contribution in [0.15, 0.2) is 24.3 Å². The van der Waals surface area contributed by atoms with Gasteiger partial charge in [0.1, 0.15) is 0 Å². The molecule has 0 amide bonds. The van der Waals surface area contributed by atoms with E-state index in [0.717, 1.165) is 28.8 Å². The van der Waals surface area contributed by atoms with Gasteiger partial charge in [0.2, 0.25) is 0 Å². The van der Waals surface area contributed by atoms with Gasteiger partial charge in [0, 0.05) is 11.1 Å². The third-order valence-electron chi connectivity index (χ3n) is 6.53. The normalized spacial score (nSPS) is 33.8. The first kappa shape index (κ1) is 15.0. The highest BCUT2D eigenvalue weighted by atomic mass is 35.5. The SMILES string of the molecule is Clc1cccc(C2CCN(C3CCC4CCC(C4)C3)CC2)c1. The minimum absolute atomic E-state index is 0.720. The molecule has 3 aliphatic rings. The molecule has 0 radical (unpaired) electrons. The van der Waals surface area contributed by atoms with Crippen LogP contribution in [0, 0.1) is 11.8 Å². The van der Waals surface area contributed by atoms with Crippen molar-refractivity contribution in [1.82, 2.24) is 4.90 Å². The number of rotatable bonds is 2. The van der Waals surface area contributed by atoms with Gasteiger partial charge in [-0.3, -0.25) is 0 Å². The molecule has 4 rings (SSSR count). The fraction of sp³-hybridized carbons (Fsp3) is 0.700. The third kappa shape index (κ3) is 3.21. The summed E-state index contributed by atoms with van der Waals surface area (Å²) in [5.41, 5.74) is 1.45. The third-order valence-corrected chi connectivity index (χ3v) is 6.76. The molecule has 0 spiro atoms. The molecule has 3 fully saturated rings. The molecule has 1 saturated heterocycles. The second kappa shape index (κ2) is 6.53. The van der Waals surface area contributed by atoms with E-state index in [-0.39, 0.29) is 0 Å². The number of hydrogen-bond acceptors (Lipinski definition) is 1. The van der Waals surface area contributed by atoms with Crippen molar-refractivity contribution in [2.24, 2.45) is 11.8 Å². The molecule has 1 aliphatic heterocycles. The smallest absolute Gasteiger partial charge is 0.0408 e. The molecule has 0 N–H and O–H groups in total. The molecule has 1 nitrogen and oxygen atoms in total.